The van der Waals surface area contributed by atoms with E-state index in [1.807, 2.05) is 72.2 Å². The number of oxazole rings is 1. The second-order valence-electron chi connectivity index (χ2n) is 5.56. The van der Waals surface area contributed by atoms with E-state index in [0.717, 1.165) is 27.6 Å². The summed E-state index contributed by atoms with van der Waals surface area (Å²) in [5, 5.41) is 0. The molecule has 1 N–H and O–H groups in total. The van der Waals surface area contributed by atoms with Crippen LogP contribution in [-0.2, 0) is 0 Å². The number of fused-ring (bicyclic) bond motifs is 3. The summed E-state index contributed by atoms with van der Waals surface area (Å²) in [6.07, 6.45) is 3.15. The summed E-state index contributed by atoms with van der Waals surface area (Å²) in [5.74, 6) is 0. The monoisotopic (exact) mass is 388 g/mol. The van der Waals surface area contributed by atoms with Crippen LogP contribution in [0.15, 0.2) is 95.4 Å². The van der Waals surface area contributed by atoms with Crippen molar-refractivity contribution in [2.45, 2.75) is 7.43 Å². The van der Waals surface area contributed by atoms with Gasteiger partial charge in [-0.1, -0.05) is 43.8 Å². The number of aromatic nitrogens is 4. The molecular formula is C22H20N4OS. The Morgan fingerprint density at radius 1 is 0.714 bits per heavy atom. The minimum absolute atomic E-state index is 0. The lowest BCUT2D eigenvalue weighted by molar-refractivity contribution is 0.602. The van der Waals surface area contributed by atoms with Crippen LogP contribution in [0, 0.1) is 0 Å². The van der Waals surface area contributed by atoms with Crippen LogP contribution in [0.3, 0.4) is 0 Å². The average molecular weight is 388 g/mol. The molecule has 6 rings (SSSR count). The zero-order valence-electron chi connectivity index (χ0n) is 14.3. The average Bonchev–Trinajstić information content (AvgIpc) is 3.48. The first-order chi connectivity index (χ1) is 13.4. The van der Waals surface area contributed by atoms with E-state index in [2.05, 4.69) is 26.0 Å². The smallest absolute Gasteiger partial charge is 0.181 e. The summed E-state index contributed by atoms with van der Waals surface area (Å²) >= 11 is 1.68. The van der Waals surface area contributed by atoms with Crippen molar-refractivity contribution in [1.29, 1.82) is 0 Å². The van der Waals surface area contributed by atoms with Crippen molar-refractivity contribution in [2.75, 3.05) is 0 Å². The molecule has 0 bridgehead atoms. The molecule has 6 heteroatoms. The topological polar surface area (TPSA) is 67.6 Å². The number of rotatable bonds is 0. The van der Waals surface area contributed by atoms with E-state index in [4.69, 9.17) is 4.42 Å². The molecule has 6 aromatic rings. The fraction of sp³-hybridized carbons (Fsp3) is 0.0455. The van der Waals surface area contributed by atoms with Crippen molar-refractivity contribution in [2.24, 2.45) is 0 Å². The van der Waals surface area contributed by atoms with E-state index in [1.54, 1.807) is 17.7 Å². The van der Waals surface area contributed by atoms with E-state index < -0.39 is 0 Å². The second kappa shape index (κ2) is 9.43. The first kappa shape index (κ1) is 19.3. The van der Waals surface area contributed by atoms with Crippen LogP contribution < -0.4 is 0 Å². The highest BCUT2D eigenvalue weighted by Crippen LogP contribution is 2.15. The van der Waals surface area contributed by atoms with Crippen molar-refractivity contribution in [3.63, 3.8) is 0 Å². The molecule has 0 spiro atoms. The third-order valence-electron chi connectivity index (χ3n) is 3.80. The molecule has 5 nitrogen and oxygen atoms in total. The van der Waals surface area contributed by atoms with Gasteiger partial charge in [0, 0.05) is 0 Å². The molecule has 0 saturated heterocycles. The molecule has 0 aliphatic heterocycles. The fourth-order valence-electron chi connectivity index (χ4n) is 2.49. The lowest BCUT2D eigenvalue weighted by Gasteiger charge is -1.81. The van der Waals surface area contributed by atoms with Crippen LogP contribution in [0.2, 0.25) is 0 Å². The molecule has 0 aliphatic rings. The maximum Gasteiger partial charge on any atom is 0.181 e. The van der Waals surface area contributed by atoms with Crippen LogP contribution in [-0.4, -0.2) is 19.9 Å². The third-order valence-corrected chi connectivity index (χ3v) is 4.61. The molecule has 0 atom stereocenters. The Kier molecular flexibility index (Phi) is 6.49. The first-order valence-corrected chi connectivity index (χ1v) is 9.23. The van der Waals surface area contributed by atoms with Gasteiger partial charge in [-0.3, -0.25) is 0 Å². The van der Waals surface area contributed by atoms with Crippen LogP contribution in [0.4, 0.5) is 0 Å². The zero-order valence-corrected chi connectivity index (χ0v) is 15.1. The Labute approximate surface area is 166 Å². The van der Waals surface area contributed by atoms with Gasteiger partial charge in [0.05, 0.1) is 33.1 Å². The summed E-state index contributed by atoms with van der Waals surface area (Å²) in [7, 11) is 0. The maximum absolute atomic E-state index is 5.01. The number of hydrogen-bond donors (Lipinski definition) is 1. The number of nitrogens with one attached hydrogen (secondary N) is 1. The molecule has 0 amide bonds. The normalized spacial score (nSPS) is 9.86. The van der Waals surface area contributed by atoms with Gasteiger partial charge in [0.25, 0.3) is 0 Å². The maximum atomic E-state index is 5.01. The molecule has 0 aliphatic carbocycles. The largest absolute Gasteiger partial charge is 0.443 e. The number of benzene rings is 3. The van der Waals surface area contributed by atoms with Gasteiger partial charge < -0.3 is 9.40 Å². The molecule has 0 unspecified atom stereocenters. The van der Waals surface area contributed by atoms with Gasteiger partial charge in [0.1, 0.15) is 5.52 Å². The molecular weight excluding hydrogens is 368 g/mol. The molecule has 3 heterocycles. The van der Waals surface area contributed by atoms with Gasteiger partial charge in [-0.25, -0.2) is 15.0 Å². The predicted octanol–water partition coefficient (Wildman–Crippen LogP) is 6.32. The molecule has 0 saturated carbocycles. The number of nitrogens with zero attached hydrogens (tertiary/aromatic N) is 3. The highest BCUT2D eigenvalue weighted by atomic mass is 32.1. The molecule has 3 aromatic heterocycles. The van der Waals surface area contributed by atoms with Crippen molar-refractivity contribution < 1.29 is 4.42 Å². The van der Waals surface area contributed by atoms with Crippen molar-refractivity contribution in [3.8, 4) is 0 Å². The van der Waals surface area contributed by atoms with E-state index in [1.165, 1.54) is 11.1 Å². The zero-order chi connectivity index (χ0) is 18.3. The van der Waals surface area contributed by atoms with Crippen LogP contribution >= 0.6 is 11.3 Å². The summed E-state index contributed by atoms with van der Waals surface area (Å²) in [5.41, 5.74) is 6.84. The van der Waals surface area contributed by atoms with Crippen LogP contribution in [0.5, 0.6) is 0 Å². The Bertz CT molecular complexity index is 1010. The first-order valence-electron chi connectivity index (χ1n) is 8.35. The van der Waals surface area contributed by atoms with E-state index in [9.17, 15) is 0 Å². The molecule has 28 heavy (non-hydrogen) atoms. The minimum Gasteiger partial charge on any atom is -0.443 e. The molecule has 140 valence electrons. The van der Waals surface area contributed by atoms with Crippen molar-refractivity contribution in [1.82, 2.24) is 19.9 Å². The highest BCUT2D eigenvalue weighted by Gasteiger charge is 1.91. The fourth-order valence-corrected chi connectivity index (χ4v) is 3.16. The summed E-state index contributed by atoms with van der Waals surface area (Å²) in [4.78, 5) is 15.2. The van der Waals surface area contributed by atoms with Crippen molar-refractivity contribution >= 4 is 43.7 Å². The van der Waals surface area contributed by atoms with Crippen LogP contribution in [0.1, 0.15) is 7.43 Å². The highest BCUT2D eigenvalue weighted by molar-refractivity contribution is 7.16. The van der Waals surface area contributed by atoms with Gasteiger partial charge in [-0.05, 0) is 36.4 Å². The number of aromatic amines is 1. The van der Waals surface area contributed by atoms with Gasteiger partial charge in [0.15, 0.2) is 12.0 Å². The molecule has 0 radical (unpaired) electrons. The molecule has 3 aromatic carbocycles. The number of H-pyrrole nitrogens is 1. The van der Waals surface area contributed by atoms with Gasteiger partial charge in [0.2, 0.25) is 0 Å². The minimum atomic E-state index is 0. The van der Waals surface area contributed by atoms with E-state index in [-0.39, 0.29) is 7.43 Å². The third kappa shape index (κ3) is 4.61. The van der Waals surface area contributed by atoms with E-state index in [0.29, 0.717) is 0 Å². The standard InChI is InChI=1S/C7H6N2.C7H5NO.C7H5NS.CH4/c3*1-2-4-7-6(3-1)8-5-9-7;/h1-5H,(H,8,9);2*1-5H;1H4. The van der Waals surface area contributed by atoms with Gasteiger partial charge >= 0.3 is 0 Å². The lowest BCUT2D eigenvalue weighted by Crippen LogP contribution is -1.63. The van der Waals surface area contributed by atoms with E-state index >= 15 is 0 Å². The Morgan fingerprint density at radius 2 is 1.43 bits per heavy atom. The number of hydrogen-bond acceptors (Lipinski definition) is 5. The summed E-state index contributed by atoms with van der Waals surface area (Å²) in [6, 6.07) is 23.7. The number of imidazole rings is 1. The van der Waals surface area contributed by atoms with Crippen LogP contribution in [0.25, 0.3) is 32.3 Å². The predicted molar refractivity (Wildman–Crippen MR) is 116 cm³/mol. The Morgan fingerprint density at radius 3 is 2.21 bits per heavy atom. The van der Waals surface area contributed by atoms with Crippen molar-refractivity contribution in [3.05, 3.63) is 91.0 Å². The lowest BCUT2D eigenvalue weighted by atomic mass is 10.3. The second-order valence-corrected chi connectivity index (χ2v) is 6.45. The summed E-state index contributed by atoms with van der Waals surface area (Å²) < 4.78 is 6.27. The Balaban J connectivity index is 0.000000118. The molecule has 0 fully saturated rings. The Hall–Kier alpha value is -3.51. The number of thiazole rings is 1. The van der Waals surface area contributed by atoms with Gasteiger partial charge in [-0.15, -0.1) is 11.3 Å². The number of para-hydroxylation sites is 5. The SMILES string of the molecule is C.c1ccc2[nH]cnc2c1.c1ccc2ocnc2c1.c1ccc2scnc2c1. The summed E-state index contributed by atoms with van der Waals surface area (Å²) in [6.45, 7) is 0. The quantitative estimate of drug-likeness (QED) is 0.330. The van der Waals surface area contributed by atoms with Gasteiger partial charge in [-0.2, -0.15) is 0 Å².